The van der Waals surface area contributed by atoms with Crippen LogP contribution in [0.1, 0.15) is 22.3 Å². The first-order valence-electron chi connectivity index (χ1n) is 10.4. The van der Waals surface area contributed by atoms with Gasteiger partial charge in [-0.05, 0) is 88.3 Å². The normalized spacial score (nSPS) is 14.7. The third-order valence-electron chi connectivity index (χ3n) is 5.16. The molecule has 4 rings (SSSR count). The highest BCUT2D eigenvalue weighted by atomic mass is 127. The molecule has 5 nitrogen and oxygen atoms in total. The lowest BCUT2D eigenvalue weighted by Crippen LogP contribution is -2.27. The number of thioether (sulfide) groups is 1. The van der Waals surface area contributed by atoms with E-state index in [9.17, 15) is 9.59 Å². The van der Waals surface area contributed by atoms with Crippen molar-refractivity contribution in [2.75, 3.05) is 7.11 Å². The molecule has 34 heavy (non-hydrogen) atoms. The van der Waals surface area contributed by atoms with Crippen molar-refractivity contribution in [1.82, 2.24) is 4.90 Å². The quantitative estimate of drug-likeness (QED) is 0.213. The first-order valence-corrected chi connectivity index (χ1v) is 12.7. The smallest absolute Gasteiger partial charge is 0.293 e. The van der Waals surface area contributed by atoms with Gasteiger partial charge in [-0.15, -0.1) is 0 Å². The van der Waals surface area contributed by atoms with Crippen LogP contribution in [-0.4, -0.2) is 23.2 Å². The van der Waals surface area contributed by atoms with Crippen molar-refractivity contribution in [2.45, 2.75) is 20.1 Å². The van der Waals surface area contributed by atoms with Gasteiger partial charge in [0.05, 0.1) is 22.1 Å². The van der Waals surface area contributed by atoms with Gasteiger partial charge in [-0.25, -0.2) is 0 Å². The largest absolute Gasteiger partial charge is 0.493 e. The van der Waals surface area contributed by atoms with E-state index >= 15 is 0 Å². The minimum Gasteiger partial charge on any atom is -0.493 e. The van der Waals surface area contributed by atoms with Gasteiger partial charge in [-0.2, -0.15) is 0 Å². The van der Waals surface area contributed by atoms with Gasteiger partial charge in [0.2, 0.25) is 0 Å². The van der Waals surface area contributed by atoms with Gasteiger partial charge in [0.1, 0.15) is 6.61 Å². The number of benzene rings is 3. The van der Waals surface area contributed by atoms with Gasteiger partial charge < -0.3 is 9.47 Å². The number of methoxy groups -OCH3 is 1. The Hall–Kier alpha value is -2.49. The van der Waals surface area contributed by atoms with Crippen LogP contribution < -0.4 is 9.47 Å². The van der Waals surface area contributed by atoms with Crippen molar-refractivity contribution in [3.05, 3.63) is 96.4 Å². The highest BCUT2D eigenvalue weighted by molar-refractivity contribution is 14.1. The Bertz CT molecular complexity index is 1280. The van der Waals surface area contributed by atoms with Gasteiger partial charge in [0.15, 0.2) is 11.5 Å². The highest BCUT2D eigenvalue weighted by Crippen LogP contribution is 2.38. The Morgan fingerprint density at radius 3 is 2.53 bits per heavy atom. The summed E-state index contributed by atoms with van der Waals surface area (Å²) in [6, 6.07) is 19.0. The number of nitrogens with zero attached hydrogens (tertiary/aromatic N) is 1. The Balaban J connectivity index is 1.53. The molecule has 0 bridgehead atoms. The summed E-state index contributed by atoms with van der Waals surface area (Å²) < 4.78 is 12.4. The molecule has 3 aromatic rings. The zero-order chi connectivity index (χ0) is 24.2. The molecule has 174 valence electrons. The average Bonchev–Trinajstić information content (AvgIpc) is 3.06. The summed E-state index contributed by atoms with van der Waals surface area (Å²) in [7, 11) is 1.58. The Morgan fingerprint density at radius 2 is 1.82 bits per heavy atom. The summed E-state index contributed by atoms with van der Waals surface area (Å²) >= 11 is 9.14. The summed E-state index contributed by atoms with van der Waals surface area (Å²) in [6.07, 6.45) is 1.71. The molecule has 1 aliphatic rings. The van der Waals surface area contributed by atoms with E-state index in [2.05, 4.69) is 22.6 Å². The second kappa shape index (κ2) is 10.8. The predicted octanol–water partition coefficient (Wildman–Crippen LogP) is 7.08. The molecule has 0 spiro atoms. The molecular weight excluding hydrogens is 585 g/mol. The van der Waals surface area contributed by atoms with Crippen LogP contribution in [0.4, 0.5) is 4.79 Å². The summed E-state index contributed by atoms with van der Waals surface area (Å²) in [5.74, 6) is 0.863. The third kappa shape index (κ3) is 5.76. The first-order chi connectivity index (χ1) is 16.3. The number of imide groups is 1. The highest BCUT2D eigenvalue weighted by Gasteiger charge is 2.35. The maximum atomic E-state index is 12.9. The molecule has 1 heterocycles. The lowest BCUT2D eigenvalue weighted by molar-refractivity contribution is -0.123. The van der Waals surface area contributed by atoms with Crippen LogP contribution in [0.15, 0.2) is 65.6 Å². The Kier molecular flexibility index (Phi) is 7.85. The van der Waals surface area contributed by atoms with Crippen LogP contribution in [0.5, 0.6) is 11.5 Å². The molecule has 0 aromatic heterocycles. The molecule has 0 saturated carbocycles. The molecular formula is C26H21ClINO4S. The molecule has 0 radical (unpaired) electrons. The maximum absolute atomic E-state index is 12.9. The van der Waals surface area contributed by atoms with Crippen molar-refractivity contribution in [2.24, 2.45) is 0 Å². The van der Waals surface area contributed by atoms with Gasteiger partial charge in [-0.1, -0.05) is 53.6 Å². The predicted molar refractivity (Wildman–Crippen MR) is 144 cm³/mol. The van der Waals surface area contributed by atoms with Crippen molar-refractivity contribution in [1.29, 1.82) is 0 Å². The monoisotopic (exact) mass is 605 g/mol. The molecule has 1 aliphatic heterocycles. The van der Waals surface area contributed by atoms with Gasteiger partial charge in [0.25, 0.3) is 11.1 Å². The lowest BCUT2D eigenvalue weighted by atomic mass is 10.1. The van der Waals surface area contributed by atoms with Crippen LogP contribution in [0, 0.1) is 10.5 Å². The van der Waals surface area contributed by atoms with Gasteiger partial charge in [0, 0.05) is 5.02 Å². The minimum atomic E-state index is -0.330. The van der Waals surface area contributed by atoms with Crippen LogP contribution in [0.25, 0.3) is 6.08 Å². The molecule has 0 unspecified atom stereocenters. The number of hydrogen-bond donors (Lipinski definition) is 0. The maximum Gasteiger partial charge on any atom is 0.293 e. The van der Waals surface area contributed by atoms with Crippen LogP contribution >= 0.6 is 46.0 Å². The van der Waals surface area contributed by atoms with E-state index in [1.165, 1.54) is 10.5 Å². The van der Waals surface area contributed by atoms with Crippen molar-refractivity contribution >= 4 is 63.2 Å². The fourth-order valence-corrected chi connectivity index (χ4v) is 5.24. The molecule has 0 aliphatic carbocycles. The molecule has 1 saturated heterocycles. The van der Waals surface area contributed by atoms with E-state index in [4.69, 9.17) is 21.1 Å². The number of aryl methyl sites for hydroxylation is 1. The number of hydrogen-bond acceptors (Lipinski definition) is 5. The molecule has 1 fully saturated rings. The SMILES string of the molecule is COc1cc(/C=C2\SC(=O)N(Cc3cccc(Cl)c3)C2=O)cc(I)c1OCc1ccc(C)cc1. The van der Waals surface area contributed by atoms with E-state index < -0.39 is 0 Å². The van der Waals surface area contributed by atoms with Crippen molar-refractivity contribution in [3.63, 3.8) is 0 Å². The zero-order valence-electron chi connectivity index (χ0n) is 18.5. The first kappa shape index (κ1) is 24.6. The number of carbonyl (C=O) groups is 2. The van der Waals surface area contributed by atoms with Crippen molar-refractivity contribution in [3.8, 4) is 11.5 Å². The summed E-state index contributed by atoms with van der Waals surface area (Å²) in [5, 5.41) is 0.252. The van der Waals surface area contributed by atoms with E-state index in [0.717, 1.165) is 32.0 Å². The van der Waals surface area contributed by atoms with Gasteiger partial charge in [-0.3, -0.25) is 14.5 Å². The second-order valence-corrected chi connectivity index (χ2v) is 10.3. The van der Waals surface area contributed by atoms with Gasteiger partial charge >= 0.3 is 0 Å². The summed E-state index contributed by atoms with van der Waals surface area (Å²) in [6.45, 7) is 2.63. The molecule has 0 atom stereocenters. The fourth-order valence-electron chi connectivity index (χ4n) is 3.41. The number of amides is 2. The van der Waals surface area contributed by atoms with Crippen molar-refractivity contribution < 1.29 is 19.1 Å². The topological polar surface area (TPSA) is 55.8 Å². The zero-order valence-corrected chi connectivity index (χ0v) is 22.2. The van der Waals surface area contributed by atoms with E-state index in [1.54, 1.807) is 37.5 Å². The molecule has 2 amide bonds. The minimum absolute atomic E-state index is 0.176. The van der Waals surface area contributed by atoms with Crippen LogP contribution in [-0.2, 0) is 17.9 Å². The van der Waals surface area contributed by atoms with Crippen LogP contribution in [0.2, 0.25) is 5.02 Å². The Labute approximate surface area is 221 Å². The number of ether oxygens (including phenoxy) is 2. The average molecular weight is 606 g/mol. The van der Waals surface area contributed by atoms with E-state index in [-0.39, 0.29) is 17.7 Å². The molecule has 3 aromatic carbocycles. The summed E-state index contributed by atoms with van der Waals surface area (Å²) in [5.41, 5.74) is 3.79. The lowest BCUT2D eigenvalue weighted by Gasteiger charge is -2.14. The van der Waals surface area contributed by atoms with Crippen LogP contribution in [0.3, 0.4) is 0 Å². The number of halogens is 2. The standard InChI is InChI=1S/C26H21ClINO4S/c1-16-6-8-17(9-7-16)15-33-24-21(28)11-19(12-22(24)32-2)13-23-25(30)29(26(31)34-23)14-18-4-3-5-20(27)10-18/h3-13H,14-15H2,1-2H3/b23-13-. The Morgan fingerprint density at radius 1 is 1.06 bits per heavy atom. The van der Waals surface area contributed by atoms with E-state index in [1.807, 2.05) is 43.3 Å². The second-order valence-electron chi connectivity index (χ2n) is 7.71. The fraction of sp³-hybridized carbons (Fsp3) is 0.154. The van der Waals surface area contributed by atoms with E-state index in [0.29, 0.717) is 28.0 Å². The molecule has 0 N–H and O–H groups in total. The summed E-state index contributed by atoms with van der Waals surface area (Å²) in [4.78, 5) is 27.0. The number of rotatable bonds is 7. The number of carbonyl (C=O) groups excluding carboxylic acids is 2. The third-order valence-corrected chi connectivity index (χ3v) is 7.10. The molecule has 8 heteroatoms.